The standard InChI is InChI=1S/C11H16N2O5/c1-3-18-9(15)6-8(14)7-13-5-4-12(2)10(16)11(13)17/h3-7H2,1-2H3. The van der Waals surface area contributed by atoms with Gasteiger partial charge in [-0.1, -0.05) is 0 Å². The summed E-state index contributed by atoms with van der Waals surface area (Å²) in [5, 5.41) is 0. The van der Waals surface area contributed by atoms with Gasteiger partial charge in [-0.15, -0.1) is 0 Å². The van der Waals surface area contributed by atoms with Crippen molar-refractivity contribution in [3.63, 3.8) is 0 Å². The van der Waals surface area contributed by atoms with Crippen molar-refractivity contribution in [2.24, 2.45) is 0 Å². The second-order valence-electron chi connectivity index (χ2n) is 3.97. The summed E-state index contributed by atoms with van der Waals surface area (Å²) in [4.78, 5) is 48.0. The normalized spacial score (nSPS) is 15.9. The van der Waals surface area contributed by atoms with E-state index in [0.717, 1.165) is 4.90 Å². The highest BCUT2D eigenvalue weighted by Crippen LogP contribution is 2.03. The summed E-state index contributed by atoms with van der Waals surface area (Å²) in [5.74, 6) is -2.39. The molecule has 0 atom stereocenters. The number of piperazine rings is 1. The molecule has 7 nitrogen and oxygen atoms in total. The molecule has 0 unspecified atom stereocenters. The summed E-state index contributed by atoms with van der Waals surface area (Å²) >= 11 is 0. The number of ketones is 1. The van der Waals surface area contributed by atoms with E-state index in [1.807, 2.05) is 0 Å². The van der Waals surface area contributed by atoms with E-state index in [2.05, 4.69) is 4.74 Å². The summed E-state index contributed by atoms with van der Waals surface area (Å²) in [5.41, 5.74) is 0. The van der Waals surface area contributed by atoms with Crippen molar-refractivity contribution in [2.45, 2.75) is 13.3 Å². The molecule has 1 fully saturated rings. The van der Waals surface area contributed by atoms with E-state index in [9.17, 15) is 19.2 Å². The van der Waals surface area contributed by atoms with Crippen LogP contribution in [-0.4, -0.2) is 66.7 Å². The number of esters is 1. The van der Waals surface area contributed by atoms with Crippen molar-refractivity contribution in [1.82, 2.24) is 9.80 Å². The van der Waals surface area contributed by atoms with Gasteiger partial charge < -0.3 is 14.5 Å². The van der Waals surface area contributed by atoms with Gasteiger partial charge in [0.1, 0.15) is 6.42 Å². The molecule has 0 bridgehead atoms. The lowest BCUT2D eigenvalue weighted by Gasteiger charge is -2.30. The van der Waals surface area contributed by atoms with Crippen LogP contribution in [0.15, 0.2) is 0 Å². The van der Waals surface area contributed by atoms with Gasteiger partial charge in [-0.25, -0.2) is 0 Å². The van der Waals surface area contributed by atoms with E-state index in [0.29, 0.717) is 13.1 Å². The van der Waals surface area contributed by atoms with Crippen LogP contribution in [0.5, 0.6) is 0 Å². The van der Waals surface area contributed by atoms with Gasteiger partial charge in [-0.2, -0.15) is 0 Å². The van der Waals surface area contributed by atoms with Gasteiger partial charge in [-0.3, -0.25) is 19.2 Å². The van der Waals surface area contributed by atoms with Crippen LogP contribution in [0.2, 0.25) is 0 Å². The fourth-order valence-electron chi connectivity index (χ4n) is 1.56. The minimum Gasteiger partial charge on any atom is -0.466 e. The van der Waals surface area contributed by atoms with Crippen LogP contribution in [0.1, 0.15) is 13.3 Å². The van der Waals surface area contributed by atoms with E-state index < -0.39 is 23.6 Å². The highest BCUT2D eigenvalue weighted by atomic mass is 16.5. The van der Waals surface area contributed by atoms with Crippen LogP contribution in [0.4, 0.5) is 0 Å². The SMILES string of the molecule is CCOC(=O)CC(=O)CN1CCN(C)C(=O)C1=O. The lowest BCUT2D eigenvalue weighted by molar-refractivity contribution is -0.156. The average Bonchev–Trinajstić information content (AvgIpc) is 2.30. The number of carbonyl (C=O) groups excluding carboxylic acids is 4. The average molecular weight is 256 g/mol. The molecule has 0 radical (unpaired) electrons. The number of hydrogen-bond donors (Lipinski definition) is 0. The number of hydrogen-bond acceptors (Lipinski definition) is 5. The molecule has 100 valence electrons. The van der Waals surface area contributed by atoms with Gasteiger partial charge in [0, 0.05) is 20.1 Å². The maximum atomic E-state index is 11.5. The molecule has 0 spiro atoms. The van der Waals surface area contributed by atoms with E-state index in [-0.39, 0.29) is 19.6 Å². The van der Waals surface area contributed by atoms with Crippen molar-refractivity contribution in [3.05, 3.63) is 0 Å². The van der Waals surface area contributed by atoms with Crippen molar-refractivity contribution in [2.75, 3.05) is 33.3 Å². The highest BCUT2D eigenvalue weighted by Gasteiger charge is 2.31. The summed E-state index contributed by atoms with van der Waals surface area (Å²) in [6.07, 6.45) is -0.373. The predicted molar refractivity (Wildman–Crippen MR) is 60.5 cm³/mol. The molecule has 0 aromatic heterocycles. The number of nitrogens with zero attached hydrogens (tertiary/aromatic N) is 2. The third kappa shape index (κ3) is 3.54. The fourth-order valence-corrected chi connectivity index (χ4v) is 1.56. The first kappa shape index (κ1) is 14.1. The molecule has 18 heavy (non-hydrogen) atoms. The molecular weight excluding hydrogens is 240 g/mol. The van der Waals surface area contributed by atoms with Gasteiger partial charge in [0.05, 0.1) is 13.2 Å². The van der Waals surface area contributed by atoms with Crippen LogP contribution in [0.3, 0.4) is 0 Å². The zero-order valence-electron chi connectivity index (χ0n) is 10.5. The second-order valence-corrected chi connectivity index (χ2v) is 3.97. The van der Waals surface area contributed by atoms with Crippen LogP contribution >= 0.6 is 0 Å². The summed E-state index contributed by atoms with van der Waals surface area (Å²) in [7, 11) is 1.53. The lowest BCUT2D eigenvalue weighted by Crippen LogP contribution is -2.54. The number of Topliss-reactive ketones (excluding diaryl/α,β-unsaturated/α-hetero) is 1. The first-order valence-electron chi connectivity index (χ1n) is 5.67. The third-order valence-corrected chi connectivity index (χ3v) is 2.54. The molecule has 1 aliphatic heterocycles. The Balaban J connectivity index is 2.47. The summed E-state index contributed by atoms with van der Waals surface area (Å²) in [6.45, 7) is 2.31. The van der Waals surface area contributed by atoms with Gasteiger partial charge in [-0.05, 0) is 6.92 Å². The van der Waals surface area contributed by atoms with Crippen LogP contribution in [0.25, 0.3) is 0 Å². The molecule has 1 saturated heterocycles. The lowest BCUT2D eigenvalue weighted by atomic mass is 10.2. The Morgan fingerprint density at radius 2 is 1.89 bits per heavy atom. The van der Waals surface area contributed by atoms with Crippen LogP contribution in [-0.2, 0) is 23.9 Å². The van der Waals surface area contributed by atoms with E-state index in [1.165, 1.54) is 11.9 Å². The first-order chi connectivity index (χ1) is 8.45. The molecule has 7 heteroatoms. The van der Waals surface area contributed by atoms with Gasteiger partial charge >= 0.3 is 17.8 Å². The first-order valence-corrected chi connectivity index (χ1v) is 5.67. The van der Waals surface area contributed by atoms with Gasteiger partial charge in [0.25, 0.3) is 0 Å². The summed E-state index contributed by atoms with van der Waals surface area (Å²) in [6, 6.07) is 0. The Morgan fingerprint density at radius 3 is 2.50 bits per heavy atom. The number of rotatable bonds is 5. The molecule has 0 aromatic rings. The molecule has 0 aliphatic carbocycles. The quantitative estimate of drug-likeness (QED) is 0.351. The molecule has 1 rings (SSSR count). The number of ether oxygens (including phenoxy) is 1. The van der Waals surface area contributed by atoms with E-state index in [4.69, 9.17) is 0 Å². The van der Waals surface area contributed by atoms with E-state index >= 15 is 0 Å². The molecule has 0 N–H and O–H groups in total. The Hall–Kier alpha value is -1.92. The molecule has 0 saturated carbocycles. The Kier molecular flexibility index (Phi) is 4.82. The topological polar surface area (TPSA) is 84.0 Å². The Morgan fingerprint density at radius 1 is 1.22 bits per heavy atom. The molecule has 0 aromatic carbocycles. The van der Waals surface area contributed by atoms with Crippen LogP contribution < -0.4 is 0 Å². The Bertz CT molecular complexity index is 380. The van der Waals surface area contributed by atoms with E-state index in [1.54, 1.807) is 6.92 Å². The number of amides is 2. The summed E-state index contributed by atoms with van der Waals surface area (Å²) < 4.78 is 4.63. The van der Waals surface area contributed by atoms with Gasteiger partial charge in [0.2, 0.25) is 0 Å². The maximum absolute atomic E-state index is 11.5. The van der Waals surface area contributed by atoms with Crippen molar-refractivity contribution < 1.29 is 23.9 Å². The van der Waals surface area contributed by atoms with Gasteiger partial charge in [0.15, 0.2) is 5.78 Å². The number of carbonyl (C=O) groups is 4. The minimum atomic E-state index is -0.707. The fraction of sp³-hybridized carbons (Fsp3) is 0.636. The second kappa shape index (κ2) is 6.13. The monoisotopic (exact) mass is 256 g/mol. The zero-order chi connectivity index (χ0) is 13.7. The highest BCUT2D eigenvalue weighted by molar-refractivity contribution is 6.35. The van der Waals surface area contributed by atoms with Crippen molar-refractivity contribution in [3.8, 4) is 0 Å². The van der Waals surface area contributed by atoms with Crippen molar-refractivity contribution in [1.29, 1.82) is 0 Å². The molecule has 1 heterocycles. The zero-order valence-corrected chi connectivity index (χ0v) is 10.5. The Labute approximate surface area is 105 Å². The largest absolute Gasteiger partial charge is 0.466 e. The molecule has 1 aliphatic rings. The predicted octanol–water partition coefficient (Wildman–Crippen LogP) is -1.19. The third-order valence-electron chi connectivity index (χ3n) is 2.54. The molecule has 2 amide bonds. The smallest absolute Gasteiger partial charge is 0.313 e. The molecular formula is C11H16N2O5. The van der Waals surface area contributed by atoms with Crippen molar-refractivity contribution >= 4 is 23.6 Å². The van der Waals surface area contributed by atoms with Crippen LogP contribution in [0, 0.1) is 0 Å². The minimum absolute atomic E-state index is 0.206. The number of likely N-dealkylation sites (N-methyl/N-ethyl adjacent to an activating group) is 1. The maximum Gasteiger partial charge on any atom is 0.313 e.